The van der Waals surface area contributed by atoms with Crippen molar-refractivity contribution in [2.24, 2.45) is 0 Å². The Balaban J connectivity index is 1.86. The van der Waals surface area contributed by atoms with Crippen molar-refractivity contribution in [1.82, 2.24) is 14.7 Å². The summed E-state index contributed by atoms with van der Waals surface area (Å²) in [5.74, 6) is 0.689. The minimum absolute atomic E-state index is 0.0279. The maximum Gasteiger partial charge on any atom is 0.392 e. The molecule has 2 aromatic carbocycles. The number of hydrogen-bond donors (Lipinski definition) is 3. The monoisotopic (exact) mass is 501 g/mol. The van der Waals surface area contributed by atoms with E-state index in [4.69, 9.17) is 16.3 Å². The van der Waals surface area contributed by atoms with Gasteiger partial charge in [0.25, 0.3) is 0 Å². The van der Waals surface area contributed by atoms with Gasteiger partial charge in [-0.15, -0.1) is 0 Å². The molecule has 0 radical (unpaired) electrons. The van der Waals surface area contributed by atoms with Crippen LogP contribution >= 0.6 is 11.6 Å². The zero-order valence-electron chi connectivity index (χ0n) is 17.1. The summed E-state index contributed by atoms with van der Waals surface area (Å²) in [5, 5.41) is 6.51. The Kier molecular flexibility index (Phi) is 7.61. The first kappa shape index (κ1) is 24.6. The van der Waals surface area contributed by atoms with Crippen LogP contribution in [0.25, 0.3) is 0 Å². The summed E-state index contributed by atoms with van der Waals surface area (Å²) in [6.45, 7) is -0.635. The third-order valence-electron chi connectivity index (χ3n) is 4.22. The molecule has 0 saturated carbocycles. The van der Waals surface area contributed by atoms with Crippen molar-refractivity contribution >= 4 is 44.6 Å². The van der Waals surface area contributed by atoms with Crippen molar-refractivity contribution in [1.29, 1.82) is 0 Å². The topological polar surface area (TPSA) is 105 Å². The van der Waals surface area contributed by atoms with E-state index in [1.54, 1.807) is 24.3 Å². The Bertz CT molecular complexity index is 1210. The molecule has 33 heavy (non-hydrogen) atoms. The van der Waals surface area contributed by atoms with Crippen molar-refractivity contribution in [3.05, 3.63) is 59.9 Å². The number of benzene rings is 2. The highest BCUT2D eigenvalue weighted by molar-refractivity contribution is 7.89. The number of nitrogens with one attached hydrogen (secondary N) is 3. The highest BCUT2D eigenvalue weighted by Crippen LogP contribution is 2.31. The van der Waals surface area contributed by atoms with Gasteiger partial charge in [-0.2, -0.15) is 13.2 Å². The normalized spacial score (nSPS) is 11.8. The second kappa shape index (κ2) is 10.2. The second-order valence-corrected chi connectivity index (χ2v) is 8.95. The van der Waals surface area contributed by atoms with Gasteiger partial charge >= 0.3 is 6.18 Å². The average molecular weight is 502 g/mol. The van der Waals surface area contributed by atoms with Crippen LogP contribution in [0.1, 0.15) is 6.42 Å². The van der Waals surface area contributed by atoms with Gasteiger partial charge in [-0.05, 0) is 49.5 Å². The summed E-state index contributed by atoms with van der Waals surface area (Å²) in [4.78, 5) is 8.08. The van der Waals surface area contributed by atoms with Gasteiger partial charge in [0.05, 0.1) is 23.6 Å². The van der Waals surface area contributed by atoms with Gasteiger partial charge in [-0.1, -0.05) is 11.6 Å². The Morgan fingerprint density at radius 2 is 1.67 bits per heavy atom. The van der Waals surface area contributed by atoms with Crippen molar-refractivity contribution in [3.8, 4) is 5.75 Å². The zero-order valence-corrected chi connectivity index (χ0v) is 18.7. The molecule has 0 saturated heterocycles. The van der Waals surface area contributed by atoms with E-state index in [0.717, 1.165) is 0 Å². The first-order valence-corrected chi connectivity index (χ1v) is 11.3. The van der Waals surface area contributed by atoms with Crippen LogP contribution in [0, 0.1) is 0 Å². The van der Waals surface area contributed by atoms with E-state index in [-0.39, 0.29) is 22.2 Å². The van der Waals surface area contributed by atoms with Crippen LogP contribution in [-0.2, 0) is 10.0 Å². The third-order valence-corrected chi connectivity index (χ3v) is 5.88. The molecule has 3 rings (SSSR count). The number of rotatable bonds is 9. The lowest BCUT2D eigenvalue weighted by molar-refractivity contribution is -0.139. The van der Waals surface area contributed by atoms with E-state index in [2.05, 4.69) is 25.3 Å². The average Bonchev–Trinajstić information content (AvgIpc) is 2.76. The number of alkyl halides is 3. The first-order valence-electron chi connectivity index (χ1n) is 9.44. The molecule has 3 aromatic rings. The number of ether oxygens (including phenoxy) is 1. The lowest BCUT2D eigenvalue weighted by Crippen LogP contribution is -2.19. The van der Waals surface area contributed by atoms with Crippen LogP contribution in [0.15, 0.2) is 59.8 Å². The quantitative estimate of drug-likeness (QED) is 0.384. The molecule has 176 valence electrons. The fourth-order valence-electron chi connectivity index (χ4n) is 2.61. The van der Waals surface area contributed by atoms with Gasteiger partial charge in [0.15, 0.2) is 0 Å². The molecular weight excluding hydrogens is 483 g/mol. The summed E-state index contributed by atoms with van der Waals surface area (Å²) in [7, 11) is -2.56. The molecule has 0 bridgehead atoms. The van der Waals surface area contributed by atoms with Crippen LogP contribution < -0.4 is 20.1 Å². The van der Waals surface area contributed by atoms with E-state index < -0.39 is 29.2 Å². The van der Waals surface area contributed by atoms with Gasteiger partial charge in [-0.25, -0.2) is 23.1 Å². The maximum atomic E-state index is 12.5. The molecular formula is C20H19ClF3N5O3S. The first-order chi connectivity index (χ1) is 15.6. The van der Waals surface area contributed by atoms with Gasteiger partial charge in [-0.3, -0.25) is 0 Å². The number of hydrogen-bond acceptors (Lipinski definition) is 7. The molecule has 0 unspecified atom stereocenters. The molecule has 0 aliphatic heterocycles. The van der Waals surface area contributed by atoms with Gasteiger partial charge in [0, 0.05) is 16.8 Å². The molecule has 0 amide bonds. The van der Waals surface area contributed by atoms with Crippen molar-refractivity contribution in [3.63, 3.8) is 0 Å². The lowest BCUT2D eigenvalue weighted by Gasteiger charge is -2.15. The number of halogens is 4. The zero-order chi connectivity index (χ0) is 24.1. The predicted molar refractivity (Wildman–Crippen MR) is 119 cm³/mol. The maximum absolute atomic E-state index is 12.5. The van der Waals surface area contributed by atoms with Crippen LogP contribution in [0.5, 0.6) is 5.75 Å². The van der Waals surface area contributed by atoms with Crippen molar-refractivity contribution < 1.29 is 26.3 Å². The Morgan fingerprint density at radius 1 is 1.00 bits per heavy atom. The SMILES string of the molecule is CNS(=O)(=O)c1ccc(OCCC(F)(F)F)c(Nc2cc(Nc3ccc(Cl)cc3)ncn2)c1. The Hall–Kier alpha value is -3.09. The van der Waals surface area contributed by atoms with Gasteiger partial charge < -0.3 is 15.4 Å². The molecule has 13 heteroatoms. The molecule has 1 aromatic heterocycles. The minimum Gasteiger partial charge on any atom is -0.491 e. The van der Waals surface area contributed by atoms with Gasteiger partial charge in [0.2, 0.25) is 10.0 Å². The highest BCUT2D eigenvalue weighted by atomic mass is 35.5. The van der Waals surface area contributed by atoms with E-state index >= 15 is 0 Å². The lowest BCUT2D eigenvalue weighted by atomic mass is 10.3. The summed E-state index contributed by atoms with van der Waals surface area (Å²) in [5.41, 5.74) is 0.826. The molecule has 8 nitrogen and oxygen atoms in total. The van der Waals surface area contributed by atoms with E-state index in [1.165, 1.54) is 37.6 Å². The molecule has 0 aliphatic rings. The number of sulfonamides is 1. The largest absolute Gasteiger partial charge is 0.491 e. The number of anilines is 4. The third kappa shape index (κ3) is 7.20. The standard InChI is InChI=1S/C20H19ClF3N5O3S/c1-25-33(30,31)15-6-7-17(32-9-8-20(22,23)24)16(10-15)29-19-11-18(26-12-27-19)28-14-4-2-13(21)3-5-14/h2-7,10-12,25H,8-9H2,1H3,(H2,26,27,28,29). The van der Waals surface area contributed by atoms with E-state index in [9.17, 15) is 21.6 Å². The summed E-state index contributed by atoms with van der Waals surface area (Å²) >= 11 is 5.88. The van der Waals surface area contributed by atoms with Gasteiger partial charge in [0.1, 0.15) is 23.7 Å². The fraction of sp³-hybridized carbons (Fsp3) is 0.200. The molecule has 0 spiro atoms. The summed E-state index contributed by atoms with van der Waals surface area (Å²) < 4.78 is 69.3. The summed E-state index contributed by atoms with van der Waals surface area (Å²) in [6, 6.07) is 12.2. The molecule has 3 N–H and O–H groups in total. The Morgan fingerprint density at radius 3 is 2.30 bits per heavy atom. The van der Waals surface area contributed by atoms with Crippen LogP contribution in [0.4, 0.5) is 36.2 Å². The van der Waals surface area contributed by atoms with E-state index in [1.807, 2.05) is 0 Å². The Labute approximate surface area is 193 Å². The number of aromatic nitrogens is 2. The van der Waals surface area contributed by atoms with Crippen LogP contribution in [0.2, 0.25) is 5.02 Å². The fourth-order valence-corrected chi connectivity index (χ4v) is 3.49. The minimum atomic E-state index is -4.39. The van der Waals surface area contributed by atoms with E-state index in [0.29, 0.717) is 16.5 Å². The second-order valence-electron chi connectivity index (χ2n) is 6.62. The smallest absolute Gasteiger partial charge is 0.392 e. The molecule has 0 fully saturated rings. The molecule has 0 atom stereocenters. The highest BCUT2D eigenvalue weighted by Gasteiger charge is 2.27. The van der Waals surface area contributed by atoms with Crippen molar-refractivity contribution in [2.45, 2.75) is 17.5 Å². The van der Waals surface area contributed by atoms with Crippen molar-refractivity contribution in [2.75, 3.05) is 24.3 Å². The van der Waals surface area contributed by atoms with Crippen LogP contribution in [-0.4, -0.2) is 38.2 Å². The molecule has 0 aliphatic carbocycles. The number of nitrogens with zero attached hydrogens (tertiary/aromatic N) is 2. The van der Waals surface area contributed by atoms with Crippen LogP contribution in [0.3, 0.4) is 0 Å². The summed E-state index contributed by atoms with van der Waals surface area (Å²) in [6.07, 6.45) is -4.29. The predicted octanol–water partition coefficient (Wildman–Crippen LogP) is 4.86. The molecule has 1 heterocycles.